The highest BCUT2D eigenvalue weighted by molar-refractivity contribution is 6.00. The van der Waals surface area contributed by atoms with Crippen LogP contribution in [-0.4, -0.2) is 12.1 Å². The molecule has 0 aliphatic heterocycles. The Morgan fingerprint density at radius 3 is 2.40 bits per heavy atom. The van der Waals surface area contributed by atoms with Crippen LogP contribution in [0.15, 0.2) is 48.5 Å². The molecule has 0 heterocycles. The van der Waals surface area contributed by atoms with Crippen LogP contribution in [0.1, 0.15) is 17.3 Å². The van der Waals surface area contributed by atoms with E-state index in [1.807, 2.05) is 0 Å². The molecular weight excluding hydrogens is 269 g/mol. The van der Waals surface area contributed by atoms with E-state index in [-0.39, 0.29) is 11.5 Å². The van der Waals surface area contributed by atoms with Crippen LogP contribution in [-0.2, 0) is 0 Å². The summed E-state index contributed by atoms with van der Waals surface area (Å²) in [6.07, 6.45) is -4.74. The average molecular weight is 280 g/mol. The second-order valence-corrected chi connectivity index (χ2v) is 4.18. The predicted molar refractivity (Wildman–Crippen MR) is 68.6 cm³/mol. The Bertz CT molecular complexity index is 633. The zero-order chi connectivity index (χ0) is 14.8. The van der Waals surface area contributed by atoms with Crippen molar-refractivity contribution in [2.24, 2.45) is 0 Å². The summed E-state index contributed by atoms with van der Waals surface area (Å²) in [4.78, 5) is 11.5. The van der Waals surface area contributed by atoms with E-state index in [4.69, 9.17) is 0 Å². The van der Waals surface area contributed by atoms with Gasteiger partial charge < -0.3 is 4.74 Å². The molecule has 104 valence electrons. The van der Waals surface area contributed by atoms with Crippen molar-refractivity contribution in [1.29, 1.82) is 0 Å². The first-order valence-corrected chi connectivity index (χ1v) is 5.83. The van der Waals surface area contributed by atoms with Gasteiger partial charge in [-0.2, -0.15) is 0 Å². The molecule has 0 aliphatic rings. The molecule has 0 amide bonds. The molecule has 2 aromatic rings. The van der Waals surface area contributed by atoms with Crippen molar-refractivity contribution in [2.75, 3.05) is 0 Å². The molecule has 0 bridgehead atoms. The smallest absolute Gasteiger partial charge is 0.406 e. The number of hydrogen-bond donors (Lipinski definition) is 0. The molecule has 0 saturated heterocycles. The molecule has 0 fully saturated rings. The fourth-order valence-electron chi connectivity index (χ4n) is 1.90. The van der Waals surface area contributed by atoms with Crippen LogP contribution in [0, 0.1) is 0 Å². The van der Waals surface area contributed by atoms with Crippen LogP contribution in [0.2, 0.25) is 0 Å². The van der Waals surface area contributed by atoms with Crippen molar-refractivity contribution >= 4 is 5.78 Å². The minimum Gasteiger partial charge on any atom is -0.406 e. The number of ketones is 1. The standard InChI is InChI=1S/C15H11F3O2/c1-10(19)13-7-2-3-8-14(13)11-5-4-6-12(9-11)20-15(16,17)18/h2-9H,1H3. The highest BCUT2D eigenvalue weighted by Crippen LogP contribution is 2.29. The largest absolute Gasteiger partial charge is 0.573 e. The van der Waals surface area contributed by atoms with Crippen LogP contribution >= 0.6 is 0 Å². The van der Waals surface area contributed by atoms with Crippen LogP contribution < -0.4 is 4.74 Å². The van der Waals surface area contributed by atoms with Gasteiger partial charge in [-0.25, -0.2) is 0 Å². The summed E-state index contributed by atoms with van der Waals surface area (Å²) in [6, 6.07) is 12.3. The lowest BCUT2D eigenvalue weighted by atomic mass is 9.97. The van der Waals surface area contributed by atoms with Gasteiger partial charge in [-0.05, 0) is 30.2 Å². The molecule has 2 aromatic carbocycles. The number of alkyl halides is 3. The number of halogens is 3. The summed E-state index contributed by atoms with van der Waals surface area (Å²) in [5.41, 5.74) is 1.53. The number of benzene rings is 2. The first-order chi connectivity index (χ1) is 9.37. The molecule has 0 N–H and O–H groups in total. The summed E-state index contributed by atoms with van der Waals surface area (Å²) in [5.74, 6) is -0.462. The highest BCUT2D eigenvalue weighted by Gasteiger charge is 2.31. The van der Waals surface area contributed by atoms with Crippen LogP contribution in [0.5, 0.6) is 5.75 Å². The number of rotatable bonds is 3. The Morgan fingerprint density at radius 2 is 1.75 bits per heavy atom. The Balaban J connectivity index is 2.44. The van der Waals surface area contributed by atoms with E-state index in [1.54, 1.807) is 30.3 Å². The fraction of sp³-hybridized carbons (Fsp3) is 0.133. The third-order valence-corrected chi connectivity index (χ3v) is 2.68. The molecule has 0 radical (unpaired) electrons. The number of ether oxygens (including phenoxy) is 1. The second-order valence-electron chi connectivity index (χ2n) is 4.18. The number of Topliss-reactive ketones (excluding diaryl/α,β-unsaturated/α-hetero) is 1. The van der Waals surface area contributed by atoms with Crippen molar-refractivity contribution in [1.82, 2.24) is 0 Å². The first-order valence-electron chi connectivity index (χ1n) is 5.83. The normalized spacial score (nSPS) is 11.2. The van der Waals surface area contributed by atoms with Crippen molar-refractivity contribution in [3.8, 4) is 16.9 Å². The maximum absolute atomic E-state index is 12.2. The highest BCUT2D eigenvalue weighted by atomic mass is 19.4. The summed E-state index contributed by atoms with van der Waals surface area (Å²) < 4.78 is 40.5. The van der Waals surface area contributed by atoms with Crippen molar-refractivity contribution < 1.29 is 22.7 Å². The monoisotopic (exact) mass is 280 g/mol. The predicted octanol–water partition coefficient (Wildman–Crippen LogP) is 4.45. The van der Waals surface area contributed by atoms with Gasteiger partial charge in [0.25, 0.3) is 0 Å². The summed E-state index contributed by atoms with van der Waals surface area (Å²) in [6.45, 7) is 1.41. The minimum absolute atomic E-state index is 0.150. The summed E-state index contributed by atoms with van der Waals surface area (Å²) in [5, 5.41) is 0. The lowest BCUT2D eigenvalue weighted by Crippen LogP contribution is -2.17. The third-order valence-electron chi connectivity index (χ3n) is 2.68. The lowest BCUT2D eigenvalue weighted by molar-refractivity contribution is -0.274. The van der Waals surface area contributed by atoms with Gasteiger partial charge in [0.15, 0.2) is 5.78 Å². The van der Waals surface area contributed by atoms with Crippen LogP contribution in [0.25, 0.3) is 11.1 Å². The lowest BCUT2D eigenvalue weighted by Gasteiger charge is -2.11. The average Bonchev–Trinajstić information content (AvgIpc) is 2.37. The molecule has 5 heteroatoms. The number of hydrogen-bond acceptors (Lipinski definition) is 2. The van der Waals surface area contributed by atoms with Crippen LogP contribution in [0.4, 0.5) is 13.2 Å². The fourth-order valence-corrected chi connectivity index (χ4v) is 1.90. The van der Waals surface area contributed by atoms with Crippen molar-refractivity contribution in [2.45, 2.75) is 13.3 Å². The molecular formula is C15H11F3O2. The Hall–Kier alpha value is -2.30. The van der Waals surface area contributed by atoms with Crippen molar-refractivity contribution in [3.63, 3.8) is 0 Å². The molecule has 0 spiro atoms. The van der Waals surface area contributed by atoms with Crippen molar-refractivity contribution in [3.05, 3.63) is 54.1 Å². The van der Waals surface area contributed by atoms with Gasteiger partial charge >= 0.3 is 6.36 Å². The topological polar surface area (TPSA) is 26.3 Å². The van der Waals surface area contributed by atoms with E-state index in [0.717, 1.165) is 0 Å². The van der Waals surface area contributed by atoms with Crippen LogP contribution in [0.3, 0.4) is 0 Å². The molecule has 0 aliphatic carbocycles. The van der Waals surface area contributed by atoms with Gasteiger partial charge in [-0.15, -0.1) is 13.2 Å². The Labute approximate surface area is 113 Å². The third kappa shape index (κ3) is 3.38. The van der Waals surface area contributed by atoms with E-state index in [0.29, 0.717) is 16.7 Å². The van der Waals surface area contributed by atoms with Gasteiger partial charge in [-0.3, -0.25) is 4.79 Å². The van der Waals surface area contributed by atoms with Gasteiger partial charge in [0.2, 0.25) is 0 Å². The molecule has 0 aromatic heterocycles. The summed E-state index contributed by atoms with van der Waals surface area (Å²) >= 11 is 0. The molecule has 2 rings (SSSR count). The van der Waals surface area contributed by atoms with E-state index in [9.17, 15) is 18.0 Å². The quantitative estimate of drug-likeness (QED) is 0.776. The molecule has 0 unspecified atom stereocenters. The zero-order valence-corrected chi connectivity index (χ0v) is 10.6. The molecule has 20 heavy (non-hydrogen) atoms. The summed E-state index contributed by atoms with van der Waals surface area (Å²) in [7, 11) is 0. The SMILES string of the molecule is CC(=O)c1ccccc1-c1cccc(OC(F)(F)F)c1. The molecule has 0 atom stereocenters. The molecule has 0 saturated carbocycles. The number of carbonyl (C=O) groups is 1. The van der Waals surface area contributed by atoms with Gasteiger partial charge in [0.05, 0.1) is 0 Å². The minimum atomic E-state index is -4.74. The van der Waals surface area contributed by atoms with Gasteiger partial charge in [0, 0.05) is 5.56 Å². The van der Waals surface area contributed by atoms with E-state index >= 15 is 0 Å². The van der Waals surface area contributed by atoms with Gasteiger partial charge in [0.1, 0.15) is 5.75 Å². The molecule has 2 nitrogen and oxygen atoms in total. The number of carbonyl (C=O) groups excluding carboxylic acids is 1. The van der Waals surface area contributed by atoms with Gasteiger partial charge in [-0.1, -0.05) is 36.4 Å². The second kappa shape index (κ2) is 5.36. The maximum atomic E-state index is 12.2. The Kier molecular flexibility index (Phi) is 3.79. The van der Waals surface area contributed by atoms with E-state index in [2.05, 4.69) is 4.74 Å². The van der Waals surface area contributed by atoms with E-state index in [1.165, 1.54) is 25.1 Å². The Morgan fingerprint density at radius 1 is 1.05 bits per heavy atom. The van der Waals surface area contributed by atoms with E-state index < -0.39 is 6.36 Å². The zero-order valence-electron chi connectivity index (χ0n) is 10.6. The first kappa shape index (κ1) is 14.1. The maximum Gasteiger partial charge on any atom is 0.573 e.